The van der Waals surface area contributed by atoms with Gasteiger partial charge in [-0.25, -0.2) is 0 Å². The highest BCUT2D eigenvalue weighted by atomic mass is 16.2. The second-order valence-electron chi connectivity index (χ2n) is 4.09. The zero-order valence-electron chi connectivity index (χ0n) is 9.64. The highest BCUT2D eigenvalue weighted by molar-refractivity contribution is 6.04. The van der Waals surface area contributed by atoms with E-state index < -0.39 is 6.04 Å². The Bertz CT molecular complexity index is 468. The Morgan fingerprint density at radius 3 is 2.59 bits per heavy atom. The third kappa shape index (κ3) is 2.20. The molecule has 0 spiro atoms. The van der Waals surface area contributed by atoms with Crippen LogP contribution in [0.25, 0.3) is 0 Å². The van der Waals surface area contributed by atoms with Crippen LogP contribution in [0.2, 0.25) is 0 Å². The van der Waals surface area contributed by atoms with Gasteiger partial charge in [0.1, 0.15) is 6.04 Å². The summed E-state index contributed by atoms with van der Waals surface area (Å²) >= 11 is 0. The third-order valence-electron chi connectivity index (χ3n) is 2.89. The van der Waals surface area contributed by atoms with E-state index in [0.717, 1.165) is 5.56 Å². The van der Waals surface area contributed by atoms with Crippen molar-refractivity contribution in [2.75, 3.05) is 7.05 Å². The normalized spacial score (nSPS) is 20.4. The smallest absolute Gasteiger partial charge is 0.270 e. The number of piperazine rings is 1. The molecule has 88 valence electrons. The predicted molar refractivity (Wildman–Crippen MR) is 64.0 cm³/mol. The van der Waals surface area contributed by atoms with Gasteiger partial charge in [-0.15, -0.1) is 0 Å². The monoisotopic (exact) mass is 230 g/mol. The van der Waals surface area contributed by atoms with Gasteiger partial charge in [0.15, 0.2) is 0 Å². The molecule has 0 aromatic heterocycles. The van der Waals surface area contributed by atoms with Crippen molar-refractivity contribution in [3.05, 3.63) is 48.2 Å². The number of carbonyl (C=O) groups excluding carboxylic acids is 2. The molecule has 1 aromatic rings. The summed E-state index contributed by atoms with van der Waals surface area (Å²) in [5.41, 5.74) is 1.17. The largest absolute Gasteiger partial charge is 0.328 e. The minimum Gasteiger partial charge on any atom is -0.328 e. The van der Waals surface area contributed by atoms with Crippen molar-refractivity contribution in [2.24, 2.45) is 0 Å². The molecule has 0 bridgehead atoms. The lowest BCUT2D eigenvalue weighted by molar-refractivity contribution is -0.140. The Balaban J connectivity index is 2.18. The molecular formula is C13H14N2O2. The number of hydrogen-bond donors (Lipinski definition) is 1. The lowest BCUT2D eigenvalue weighted by Crippen LogP contribution is -2.55. The number of nitrogens with zero attached hydrogens (tertiary/aromatic N) is 1. The molecule has 1 saturated heterocycles. The molecule has 0 aliphatic carbocycles. The number of benzene rings is 1. The number of likely N-dealkylation sites (N-methyl/N-ethyl adjacent to an activating group) is 1. The minimum absolute atomic E-state index is 0.141. The van der Waals surface area contributed by atoms with Crippen molar-refractivity contribution in [3.8, 4) is 0 Å². The van der Waals surface area contributed by atoms with Crippen LogP contribution in [0, 0.1) is 0 Å². The summed E-state index contributed by atoms with van der Waals surface area (Å²) in [4.78, 5) is 24.9. The van der Waals surface area contributed by atoms with Gasteiger partial charge < -0.3 is 10.2 Å². The average molecular weight is 230 g/mol. The first kappa shape index (κ1) is 11.4. The number of rotatable bonds is 2. The van der Waals surface area contributed by atoms with Gasteiger partial charge in [-0.1, -0.05) is 36.9 Å². The van der Waals surface area contributed by atoms with Crippen LogP contribution in [0.3, 0.4) is 0 Å². The van der Waals surface area contributed by atoms with E-state index in [9.17, 15) is 9.59 Å². The van der Waals surface area contributed by atoms with Crippen molar-refractivity contribution >= 4 is 11.8 Å². The van der Waals surface area contributed by atoms with E-state index in [1.54, 1.807) is 7.05 Å². The lowest BCUT2D eigenvalue weighted by atomic mass is 10.0. The maximum Gasteiger partial charge on any atom is 0.270 e. The summed E-state index contributed by atoms with van der Waals surface area (Å²) in [5.74, 6) is -0.411. The van der Waals surface area contributed by atoms with Crippen LogP contribution in [0.4, 0.5) is 0 Å². The average Bonchev–Trinajstić information content (AvgIpc) is 2.33. The van der Waals surface area contributed by atoms with Crippen LogP contribution in [0.15, 0.2) is 42.6 Å². The molecule has 2 rings (SSSR count). The van der Waals surface area contributed by atoms with Gasteiger partial charge in [0.05, 0.1) is 5.70 Å². The molecule has 1 atom stereocenters. The molecule has 0 unspecified atom stereocenters. The van der Waals surface area contributed by atoms with Gasteiger partial charge in [0, 0.05) is 13.5 Å². The van der Waals surface area contributed by atoms with Crippen LogP contribution < -0.4 is 5.32 Å². The standard InChI is InChI=1S/C13H14N2O2/c1-9-13(17)15(2)11(12(16)14-9)8-10-6-4-3-5-7-10/h3-7,11H,1,8H2,2H3,(H,14,16)/t11-/m0/s1. The molecule has 1 aliphatic heterocycles. The van der Waals surface area contributed by atoms with Gasteiger partial charge >= 0.3 is 0 Å². The van der Waals surface area contributed by atoms with Crippen LogP contribution in [0.1, 0.15) is 5.56 Å². The molecule has 1 aromatic carbocycles. The van der Waals surface area contributed by atoms with E-state index in [-0.39, 0.29) is 17.5 Å². The first-order valence-corrected chi connectivity index (χ1v) is 5.40. The third-order valence-corrected chi connectivity index (χ3v) is 2.89. The summed E-state index contributed by atoms with van der Waals surface area (Å²) in [6, 6.07) is 9.16. The Labute approximate surface area is 99.9 Å². The van der Waals surface area contributed by atoms with E-state index in [1.807, 2.05) is 30.3 Å². The van der Waals surface area contributed by atoms with Gasteiger partial charge in [-0.3, -0.25) is 9.59 Å². The Morgan fingerprint density at radius 1 is 1.29 bits per heavy atom. The molecule has 4 heteroatoms. The molecule has 17 heavy (non-hydrogen) atoms. The molecule has 1 heterocycles. The number of carbonyl (C=O) groups is 2. The molecule has 1 aliphatic rings. The van der Waals surface area contributed by atoms with Crippen molar-refractivity contribution in [2.45, 2.75) is 12.5 Å². The van der Waals surface area contributed by atoms with Crippen molar-refractivity contribution < 1.29 is 9.59 Å². The Hall–Kier alpha value is -2.10. The number of hydrogen-bond acceptors (Lipinski definition) is 2. The number of amides is 2. The van der Waals surface area contributed by atoms with Crippen molar-refractivity contribution in [1.29, 1.82) is 0 Å². The van der Waals surface area contributed by atoms with Gasteiger partial charge in [0.2, 0.25) is 5.91 Å². The number of nitrogens with one attached hydrogen (secondary N) is 1. The maximum atomic E-state index is 11.8. The zero-order chi connectivity index (χ0) is 12.4. The minimum atomic E-state index is -0.463. The summed E-state index contributed by atoms with van der Waals surface area (Å²) in [7, 11) is 1.62. The maximum absolute atomic E-state index is 11.8. The van der Waals surface area contributed by atoms with E-state index in [0.29, 0.717) is 6.42 Å². The first-order chi connectivity index (χ1) is 8.09. The zero-order valence-corrected chi connectivity index (χ0v) is 9.64. The first-order valence-electron chi connectivity index (χ1n) is 5.40. The summed E-state index contributed by atoms with van der Waals surface area (Å²) in [6.07, 6.45) is 0.516. The fourth-order valence-corrected chi connectivity index (χ4v) is 1.88. The Kier molecular flexibility index (Phi) is 2.95. The SMILES string of the molecule is C=C1NC(=O)[C@H](Cc2ccccc2)N(C)C1=O. The second-order valence-corrected chi connectivity index (χ2v) is 4.09. The molecule has 0 saturated carbocycles. The van der Waals surface area contributed by atoms with E-state index in [1.165, 1.54) is 4.90 Å². The molecule has 1 fully saturated rings. The lowest BCUT2D eigenvalue weighted by Gasteiger charge is -2.32. The van der Waals surface area contributed by atoms with Gasteiger partial charge in [0.25, 0.3) is 5.91 Å². The topological polar surface area (TPSA) is 49.4 Å². The molecule has 2 amide bonds. The quantitative estimate of drug-likeness (QED) is 0.760. The van der Waals surface area contributed by atoms with Crippen LogP contribution in [0.5, 0.6) is 0 Å². The molecule has 0 radical (unpaired) electrons. The summed E-state index contributed by atoms with van der Waals surface area (Å²) < 4.78 is 0. The fraction of sp³-hybridized carbons (Fsp3) is 0.231. The highest BCUT2D eigenvalue weighted by Crippen LogP contribution is 2.14. The van der Waals surface area contributed by atoms with E-state index in [4.69, 9.17) is 0 Å². The van der Waals surface area contributed by atoms with E-state index >= 15 is 0 Å². The second kappa shape index (κ2) is 4.41. The molecule has 4 nitrogen and oxygen atoms in total. The van der Waals surface area contributed by atoms with Gasteiger partial charge in [-0.05, 0) is 5.56 Å². The Morgan fingerprint density at radius 2 is 1.94 bits per heavy atom. The molecular weight excluding hydrogens is 216 g/mol. The van der Waals surface area contributed by atoms with Crippen LogP contribution in [-0.4, -0.2) is 29.8 Å². The highest BCUT2D eigenvalue weighted by Gasteiger charge is 2.33. The van der Waals surface area contributed by atoms with Crippen molar-refractivity contribution in [3.63, 3.8) is 0 Å². The van der Waals surface area contributed by atoms with Crippen molar-refractivity contribution in [1.82, 2.24) is 10.2 Å². The summed E-state index contributed by atoms with van der Waals surface area (Å²) in [5, 5.41) is 2.51. The van der Waals surface area contributed by atoms with Crippen LogP contribution in [-0.2, 0) is 16.0 Å². The van der Waals surface area contributed by atoms with Gasteiger partial charge in [-0.2, -0.15) is 0 Å². The summed E-state index contributed by atoms with van der Waals surface area (Å²) in [6.45, 7) is 3.51. The fourth-order valence-electron chi connectivity index (χ4n) is 1.88. The molecule has 1 N–H and O–H groups in total. The van der Waals surface area contributed by atoms with Crippen LogP contribution >= 0.6 is 0 Å². The van der Waals surface area contributed by atoms with E-state index in [2.05, 4.69) is 11.9 Å². The predicted octanol–water partition coefficient (Wildman–Crippen LogP) is 0.700.